The van der Waals surface area contributed by atoms with Gasteiger partial charge in [-0.15, -0.1) is 10.2 Å². The van der Waals surface area contributed by atoms with Gasteiger partial charge in [0.1, 0.15) is 5.75 Å². The number of rotatable bonds is 8. The normalized spacial score (nSPS) is 10.5. The largest absolute Gasteiger partial charge is 0.484 e. The van der Waals surface area contributed by atoms with Gasteiger partial charge in [-0.25, -0.2) is 0 Å². The van der Waals surface area contributed by atoms with Crippen LogP contribution in [-0.2, 0) is 11.4 Å². The van der Waals surface area contributed by atoms with E-state index >= 15 is 0 Å². The lowest BCUT2D eigenvalue weighted by atomic mass is 10.2. The fraction of sp³-hybridized carbons (Fsp3) is 0.211. The molecule has 26 heavy (non-hydrogen) atoms. The smallest absolute Gasteiger partial charge is 0.276 e. The Morgan fingerprint density at radius 3 is 2.81 bits per heavy atom. The molecule has 0 bridgehead atoms. The van der Waals surface area contributed by atoms with E-state index in [4.69, 9.17) is 9.15 Å². The third kappa shape index (κ3) is 5.63. The number of nitrogens with zero attached hydrogens (tertiary/aromatic N) is 2. The lowest BCUT2D eigenvalue weighted by Crippen LogP contribution is -2.12. The molecule has 0 aliphatic heterocycles. The molecule has 7 heteroatoms. The standard InChI is InChI=1S/C19H19N3O3S/c1-14-6-5-7-15(12-14)20-17(23)10-11-26-19-22-21-18(25-19)13-24-16-8-3-2-4-9-16/h2-9,12H,10-11,13H2,1H3,(H,20,23). The predicted octanol–water partition coefficient (Wildman–Crippen LogP) is 4.08. The van der Waals surface area contributed by atoms with Gasteiger partial charge in [0.2, 0.25) is 5.91 Å². The van der Waals surface area contributed by atoms with Gasteiger partial charge in [-0.3, -0.25) is 4.79 Å². The van der Waals surface area contributed by atoms with Crippen molar-refractivity contribution >= 4 is 23.4 Å². The summed E-state index contributed by atoms with van der Waals surface area (Å²) in [5.41, 5.74) is 1.91. The van der Waals surface area contributed by atoms with Crippen molar-refractivity contribution in [2.75, 3.05) is 11.1 Å². The van der Waals surface area contributed by atoms with Gasteiger partial charge in [-0.05, 0) is 36.8 Å². The topological polar surface area (TPSA) is 77.2 Å². The number of aromatic nitrogens is 2. The Balaban J connectivity index is 1.40. The molecule has 1 heterocycles. The minimum Gasteiger partial charge on any atom is -0.484 e. The summed E-state index contributed by atoms with van der Waals surface area (Å²) in [6, 6.07) is 17.1. The van der Waals surface area contributed by atoms with Crippen molar-refractivity contribution in [2.45, 2.75) is 25.2 Å². The number of para-hydroxylation sites is 1. The molecule has 0 aliphatic rings. The van der Waals surface area contributed by atoms with E-state index in [0.717, 1.165) is 17.0 Å². The number of aryl methyl sites for hydroxylation is 1. The Kier molecular flexibility index (Phi) is 6.27. The van der Waals surface area contributed by atoms with E-state index in [0.29, 0.717) is 23.3 Å². The van der Waals surface area contributed by atoms with Gasteiger partial charge in [-0.2, -0.15) is 0 Å². The zero-order chi connectivity index (χ0) is 18.2. The number of carbonyl (C=O) groups excluding carboxylic acids is 1. The number of benzene rings is 2. The maximum absolute atomic E-state index is 12.0. The van der Waals surface area contributed by atoms with Crippen LogP contribution in [0.1, 0.15) is 17.9 Å². The van der Waals surface area contributed by atoms with Crippen LogP contribution in [0.4, 0.5) is 5.69 Å². The van der Waals surface area contributed by atoms with Crippen molar-refractivity contribution in [3.63, 3.8) is 0 Å². The van der Waals surface area contributed by atoms with E-state index in [1.807, 2.05) is 61.5 Å². The van der Waals surface area contributed by atoms with E-state index < -0.39 is 0 Å². The molecule has 1 amide bonds. The van der Waals surface area contributed by atoms with Gasteiger partial charge < -0.3 is 14.5 Å². The number of ether oxygens (including phenoxy) is 1. The van der Waals surface area contributed by atoms with E-state index in [9.17, 15) is 4.79 Å². The summed E-state index contributed by atoms with van der Waals surface area (Å²) in [7, 11) is 0. The van der Waals surface area contributed by atoms with Crippen LogP contribution in [-0.4, -0.2) is 21.9 Å². The molecular formula is C19H19N3O3S. The number of amides is 1. The molecule has 0 spiro atoms. The highest BCUT2D eigenvalue weighted by Crippen LogP contribution is 2.19. The minimum absolute atomic E-state index is 0.0461. The highest BCUT2D eigenvalue weighted by molar-refractivity contribution is 7.99. The Bertz CT molecular complexity index is 852. The molecule has 1 N–H and O–H groups in total. The highest BCUT2D eigenvalue weighted by atomic mass is 32.2. The van der Waals surface area contributed by atoms with Crippen LogP contribution in [0.2, 0.25) is 0 Å². The summed E-state index contributed by atoms with van der Waals surface area (Å²) in [5, 5.41) is 11.2. The Morgan fingerprint density at radius 1 is 1.15 bits per heavy atom. The molecule has 3 aromatic rings. The summed E-state index contributed by atoms with van der Waals surface area (Å²) >= 11 is 1.35. The van der Waals surface area contributed by atoms with Gasteiger partial charge in [0, 0.05) is 17.9 Å². The third-order valence-electron chi connectivity index (χ3n) is 3.41. The maximum Gasteiger partial charge on any atom is 0.276 e. The number of hydrogen-bond donors (Lipinski definition) is 1. The molecule has 0 fully saturated rings. The molecule has 0 radical (unpaired) electrons. The van der Waals surface area contributed by atoms with Crippen molar-refractivity contribution < 1.29 is 13.9 Å². The number of hydrogen-bond acceptors (Lipinski definition) is 6. The van der Waals surface area contributed by atoms with Gasteiger partial charge in [-0.1, -0.05) is 42.1 Å². The van der Waals surface area contributed by atoms with Crippen LogP contribution in [0, 0.1) is 6.92 Å². The summed E-state index contributed by atoms with van der Waals surface area (Å²) in [6.45, 7) is 2.20. The summed E-state index contributed by atoms with van der Waals surface area (Å²) in [4.78, 5) is 12.0. The first-order valence-electron chi connectivity index (χ1n) is 8.18. The first-order chi connectivity index (χ1) is 12.7. The SMILES string of the molecule is Cc1cccc(NC(=O)CCSc2nnc(COc3ccccc3)o2)c1. The highest BCUT2D eigenvalue weighted by Gasteiger charge is 2.09. The fourth-order valence-electron chi connectivity index (χ4n) is 2.19. The van der Waals surface area contributed by atoms with Crippen LogP contribution in [0.15, 0.2) is 64.2 Å². The molecule has 134 valence electrons. The monoisotopic (exact) mass is 369 g/mol. The van der Waals surface area contributed by atoms with E-state index in [1.165, 1.54) is 11.8 Å². The number of carbonyl (C=O) groups is 1. The van der Waals surface area contributed by atoms with Crippen molar-refractivity contribution in [3.05, 3.63) is 66.1 Å². The van der Waals surface area contributed by atoms with Crippen molar-refractivity contribution in [1.29, 1.82) is 0 Å². The molecule has 0 saturated heterocycles. The Morgan fingerprint density at radius 2 is 2.00 bits per heavy atom. The summed E-state index contributed by atoms with van der Waals surface area (Å²) < 4.78 is 11.1. The van der Waals surface area contributed by atoms with Crippen LogP contribution in [0.5, 0.6) is 5.75 Å². The molecule has 0 atom stereocenters. The quantitative estimate of drug-likeness (QED) is 0.603. The molecular weight excluding hydrogens is 350 g/mol. The average molecular weight is 369 g/mol. The van der Waals surface area contributed by atoms with Crippen molar-refractivity contribution in [3.8, 4) is 5.75 Å². The number of thioether (sulfide) groups is 1. The molecule has 1 aromatic heterocycles. The third-order valence-corrected chi connectivity index (χ3v) is 4.23. The summed E-state index contributed by atoms with van der Waals surface area (Å²) in [6.07, 6.45) is 0.358. The summed E-state index contributed by atoms with van der Waals surface area (Å²) in [5.74, 6) is 1.65. The van der Waals surface area contributed by atoms with Gasteiger partial charge in [0.15, 0.2) is 6.61 Å². The van der Waals surface area contributed by atoms with Crippen LogP contribution < -0.4 is 10.1 Å². The van der Waals surface area contributed by atoms with Gasteiger partial charge in [0.05, 0.1) is 0 Å². The zero-order valence-corrected chi connectivity index (χ0v) is 15.2. The van der Waals surface area contributed by atoms with E-state index in [2.05, 4.69) is 15.5 Å². The van der Waals surface area contributed by atoms with Crippen LogP contribution in [0.3, 0.4) is 0 Å². The van der Waals surface area contributed by atoms with Crippen molar-refractivity contribution in [1.82, 2.24) is 10.2 Å². The second-order valence-electron chi connectivity index (χ2n) is 5.58. The second kappa shape index (κ2) is 9.05. The fourth-order valence-corrected chi connectivity index (χ4v) is 2.91. The van der Waals surface area contributed by atoms with Crippen LogP contribution in [0.25, 0.3) is 0 Å². The van der Waals surface area contributed by atoms with Crippen LogP contribution >= 0.6 is 11.8 Å². The predicted molar refractivity (Wildman–Crippen MR) is 100 cm³/mol. The second-order valence-corrected chi connectivity index (χ2v) is 6.63. The molecule has 0 aliphatic carbocycles. The molecule has 6 nitrogen and oxygen atoms in total. The van der Waals surface area contributed by atoms with Crippen molar-refractivity contribution in [2.24, 2.45) is 0 Å². The molecule has 0 saturated carbocycles. The van der Waals surface area contributed by atoms with E-state index in [-0.39, 0.29) is 12.5 Å². The number of nitrogens with one attached hydrogen (secondary N) is 1. The lowest BCUT2D eigenvalue weighted by Gasteiger charge is -2.05. The average Bonchev–Trinajstić information content (AvgIpc) is 3.09. The Hall–Kier alpha value is -2.80. The Labute approximate surface area is 156 Å². The molecule has 3 rings (SSSR count). The van der Waals surface area contributed by atoms with Gasteiger partial charge in [0.25, 0.3) is 11.1 Å². The maximum atomic E-state index is 12.0. The number of anilines is 1. The van der Waals surface area contributed by atoms with E-state index in [1.54, 1.807) is 0 Å². The van der Waals surface area contributed by atoms with Gasteiger partial charge >= 0.3 is 0 Å². The first-order valence-corrected chi connectivity index (χ1v) is 9.17. The first kappa shape index (κ1) is 18.0. The molecule has 2 aromatic carbocycles. The molecule has 0 unspecified atom stereocenters. The minimum atomic E-state index is -0.0461. The lowest BCUT2D eigenvalue weighted by molar-refractivity contribution is -0.115. The zero-order valence-electron chi connectivity index (χ0n) is 14.3.